The molecule has 0 N–H and O–H groups in total. The van der Waals surface area contributed by atoms with Crippen molar-refractivity contribution in [3.63, 3.8) is 0 Å². The van der Waals surface area contributed by atoms with Crippen molar-refractivity contribution in [2.75, 3.05) is 0 Å². The van der Waals surface area contributed by atoms with Crippen LogP contribution in [0.4, 0.5) is 8.78 Å². The van der Waals surface area contributed by atoms with Crippen molar-refractivity contribution in [3.8, 4) is 0 Å². The molecular formula is C6H6F2O. The second-order valence-electron chi connectivity index (χ2n) is 1.83. The second-order valence-corrected chi connectivity index (χ2v) is 1.83. The van der Waals surface area contributed by atoms with E-state index in [1.807, 2.05) is 0 Å². The van der Waals surface area contributed by atoms with E-state index in [0.717, 1.165) is 5.56 Å². The van der Waals surface area contributed by atoms with Crippen molar-refractivity contribution in [2.24, 2.45) is 0 Å². The molecule has 0 saturated carbocycles. The Morgan fingerprint density at radius 3 is 2.44 bits per heavy atom. The highest BCUT2D eigenvalue weighted by Crippen LogP contribution is 2.20. The zero-order valence-electron chi connectivity index (χ0n) is 4.90. The highest BCUT2D eigenvalue weighted by molar-refractivity contribution is 5.10. The van der Waals surface area contributed by atoms with E-state index in [1.165, 1.54) is 12.3 Å². The molecule has 0 aliphatic heterocycles. The lowest BCUT2D eigenvalue weighted by Crippen LogP contribution is -1.75. The maximum absolute atomic E-state index is 11.7. The maximum atomic E-state index is 11.7. The van der Waals surface area contributed by atoms with Crippen LogP contribution in [0.15, 0.2) is 16.7 Å². The average molecular weight is 132 g/mol. The number of alkyl halides is 2. The zero-order chi connectivity index (χ0) is 6.85. The van der Waals surface area contributed by atoms with Gasteiger partial charge in [-0.3, -0.25) is 0 Å². The number of halogens is 2. The highest BCUT2D eigenvalue weighted by Gasteiger charge is 2.09. The molecular weight excluding hydrogens is 126 g/mol. The molecule has 50 valence electrons. The first kappa shape index (κ1) is 6.26. The summed E-state index contributed by atoms with van der Waals surface area (Å²) in [4.78, 5) is 0. The van der Waals surface area contributed by atoms with E-state index in [-0.39, 0.29) is 5.76 Å². The molecule has 0 bridgehead atoms. The van der Waals surface area contributed by atoms with Crippen LogP contribution in [0.5, 0.6) is 0 Å². The van der Waals surface area contributed by atoms with E-state index in [9.17, 15) is 8.78 Å². The molecule has 0 amide bonds. The average Bonchev–Trinajstić information content (AvgIpc) is 2.14. The Labute approximate surface area is 51.3 Å². The van der Waals surface area contributed by atoms with Crippen molar-refractivity contribution < 1.29 is 13.2 Å². The molecule has 9 heavy (non-hydrogen) atoms. The van der Waals surface area contributed by atoms with Crippen LogP contribution in [0.1, 0.15) is 17.7 Å². The lowest BCUT2D eigenvalue weighted by Gasteiger charge is -1.87. The summed E-state index contributed by atoms with van der Waals surface area (Å²) in [6.07, 6.45) is -1.18. The fourth-order valence-electron chi connectivity index (χ4n) is 0.568. The first-order valence-corrected chi connectivity index (χ1v) is 2.53. The summed E-state index contributed by atoms with van der Waals surface area (Å²) in [5.41, 5.74) is 0.727. The summed E-state index contributed by atoms with van der Waals surface area (Å²) in [5, 5.41) is 0. The van der Waals surface area contributed by atoms with Gasteiger partial charge in [0.2, 0.25) is 0 Å². The quantitative estimate of drug-likeness (QED) is 0.572. The Morgan fingerprint density at radius 2 is 2.22 bits per heavy atom. The normalized spacial score (nSPS) is 10.7. The molecule has 1 heterocycles. The molecule has 1 nitrogen and oxygen atoms in total. The van der Waals surface area contributed by atoms with Crippen LogP contribution in [-0.4, -0.2) is 0 Å². The van der Waals surface area contributed by atoms with Gasteiger partial charge in [0.05, 0.1) is 6.26 Å². The minimum Gasteiger partial charge on any atom is -0.463 e. The first-order chi connectivity index (χ1) is 4.20. The van der Waals surface area contributed by atoms with Crippen molar-refractivity contribution in [1.82, 2.24) is 0 Å². The summed E-state index contributed by atoms with van der Waals surface area (Å²) in [5.74, 6) is -0.257. The minimum atomic E-state index is -2.49. The van der Waals surface area contributed by atoms with Crippen molar-refractivity contribution in [1.29, 1.82) is 0 Å². The van der Waals surface area contributed by atoms with Gasteiger partial charge in [0.25, 0.3) is 6.43 Å². The SMILES string of the molecule is Cc1coc(C(F)F)c1. The third-order valence-electron chi connectivity index (χ3n) is 0.966. The third-order valence-corrected chi connectivity index (χ3v) is 0.966. The molecule has 0 aliphatic carbocycles. The van der Waals surface area contributed by atoms with E-state index in [2.05, 4.69) is 4.42 Å². The van der Waals surface area contributed by atoms with Gasteiger partial charge in [-0.15, -0.1) is 0 Å². The van der Waals surface area contributed by atoms with Gasteiger partial charge in [-0.25, -0.2) is 8.78 Å². The Hall–Kier alpha value is -0.860. The number of rotatable bonds is 1. The van der Waals surface area contributed by atoms with Crippen LogP contribution >= 0.6 is 0 Å². The van der Waals surface area contributed by atoms with Crippen LogP contribution < -0.4 is 0 Å². The van der Waals surface area contributed by atoms with E-state index in [4.69, 9.17) is 0 Å². The topological polar surface area (TPSA) is 13.1 Å². The number of furan rings is 1. The standard InChI is InChI=1S/C6H6F2O/c1-4-2-5(6(7)8)9-3-4/h2-3,6H,1H3. The summed E-state index contributed by atoms with van der Waals surface area (Å²) >= 11 is 0. The van der Waals surface area contributed by atoms with Crippen LogP contribution in [0.25, 0.3) is 0 Å². The molecule has 0 saturated heterocycles. The largest absolute Gasteiger partial charge is 0.463 e. The van der Waals surface area contributed by atoms with Crippen molar-refractivity contribution in [3.05, 3.63) is 23.7 Å². The predicted molar refractivity (Wildman–Crippen MR) is 28.4 cm³/mol. The van der Waals surface area contributed by atoms with Crippen molar-refractivity contribution >= 4 is 0 Å². The van der Waals surface area contributed by atoms with Gasteiger partial charge in [-0.2, -0.15) is 0 Å². The smallest absolute Gasteiger partial charge is 0.295 e. The van der Waals surface area contributed by atoms with Crippen molar-refractivity contribution in [2.45, 2.75) is 13.3 Å². The van der Waals surface area contributed by atoms with Crippen LogP contribution in [0.3, 0.4) is 0 Å². The zero-order valence-corrected chi connectivity index (χ0v) is 4.90. The Balaban J connectivity index is 2.85. The maximum Gasteiger partial charge on any atom is 0.295 e. The molecule has 0 atom stereocenters. The van der Waals surface area contributed by atoms with E-state index in [1.54, 1.807) is 6.92 Å². The number of hydrogen-bond acceptors (Lipinski definition) is 1. The molecule has 0 spiro atoms. The summed E-state index contributed by atoms with van der Waals surface area (Å²) in [6, 6.07) is 1.32. The lowest BCUT2D eigenvalue weighted by atomic mass is 10.3. The van der Waals surface area contributed by atoms with Gasteiger partial charge >= 0.3 is 0 Å². The molecule has 0 aliphatic rings. The number of aryl methyl sites for hydroxylation is 1. The molecule has 1 aromatic rings. The molecule has 1 aromatic heterocycles. The molecule has 0 unspecified atom stereocenters. The predicted octanol–water partition coefficient (Wildman–Crippen LogP) is 2.53. The van der Waals surface area contributed by atoms with Gasteiger partial charge in [0.1, 0.15) is 0 Å². The van der Waals surface area contributed by atoms with Crippen LogP contribution in [-0.2, 0) is 0 Å². The van der Waals surface area contributed by atoms with E-state index >= 15 is 0 Å². The summed E-state index contributed by atoms with van der Waals surface area (Å²) in [6.45, 7) is 1.70. The highest BCUT2D eigenvalue weighted by atomic mass is 19.3. The molecule has 3 heteroatoms. The van der Waals surface area contributed by atoms with Crippen LogP contribution in [0, 0.1) is 6.92 Å². The Morgan fingerprint density at radius 1 is 1.56 bits per heavy atom. The lowest BCUT2D eigenvalue weighted by molar-refractivity contribution is 0.122. The van der Waals surface area contributed by atoms with E-state index < -0.39 is 6.43 Å². The summed E-state index contributed by atoms with van der Waals surface area (Å²) in [7, 11) is 0. The summed E-state index contributed by atoms with van der Waals surface area (Å²) < 4.78 is 27.8. The monoisotopic (exact) mass is 132 g/mol. The fraction of sp³-hybridized carbons (Fsp3) is 0.333. The van der Waals surface area contributed by atoms with Gasteiger partial charge in [0, 0.05) is 0 Å². The Bertz CT molecular complexity index is 193. The fourth-order valence-corrected chi connectivity index (χ4v) is 0.568. The first-order valence-electron chi connectivity index (χ1n) is 2.53. The van der Waals surface area contributed by atoms with Crippen LogP contribution in [0.2, 0.25) is 0 Å². The van der Waals surface area contributed by atoms with E-state index in [0.29, 0.717) is 0 Å². The van der Waals surface area contributed by atoms with Gasteiger partial charge in [-0.1, -0.05) is 0 Å². The molecule has 0 radical (unpaired) electrons. The number of hydrogen-bond donors (Lipinski definition) is 0. The van der Waals surface area contributed by atoms with Gasteiger partial charge in [-0.05, 0) is 18.6 Å². The molecule has 0 fully saturated rings. The van der Waals surface area contributed by atoms with Gasteiger partial charge < -0.3 is 4.42 Å². The molecule has 1 rings (SSSR count). The molecule has 0 aromatic carbocycles. The third kappa shape index (κ3) is 1.28. The Kier molecular flexibility index (Phi) is 1.51. The minimum absolute atomic E-state index is 0.257. The van der Waals surface area contributed by atoms with Gasteiger partial charge in [0.15, 0.2) is 5.76 Å². The second kappa shape index (κ2) is 2.17.